The van der Waals surface area contributed by atoms with Crippen LogP contribution in [0.1, 0.15) is 22.6 Å². The lowest BCUT2D eigenvalue weighted by atomic mass is 9.85. The summed E-state index contributed by atoms with van der Waals surface area (Å²) in [5.41, 5.74) is 5.54. The summed E-state index contributed by atoms with van der Waals surface area (Å²) in [5, 5.41) is 2.60. The molecular weight excluding hydrogens is 391 g/mol. The number of nitrogens with zero attached hydrogens (tertiary/aromatic N) is 1. The Bertz CT molecular complexity index is 1160. The van der Waals surface area contributed by atoms with Crippen molar-refractivity contribution < 1.29 is 14.0 Å². The number of rotatable bonds is 4. The number of hydrogen-bond donors (Lipinski definition) is 1. The first-order chi connectivity index (χ1) is 14.8. The third-order valence-corrected chi connectivity index (χ3v) is 5.94. The van der Waals surface area contributed by atoms with Gasteiger partial charge in [0.05, 0.1) is 5.69 Å². The second-order valence-corrected chi connectivity index (χ2v) is 8.22. The summed E-state index contributed by atoms with van der Waals surface area (Å²) in [7, 11) is 1.69. The molecule has 0 spiro atoms. The topological polar surface area (TPSA) is 49.4 Å². The lowest BCUT2D eigenvalue weighted by Gasteiger charge is -2.19. The molecule has 31 heavy (non-hydrogen) atoms. The van der Waals surface area contributed by atoms with Gasteiger partial charge in [0.2, 0.25) is 11.8 Å². The van der Waals surface area contributed by atoms with E-state index in [1.807, 2.05) is 25.1 Å². The maximum absolute atomic E-state index is 14.0. The molecule has 1 heterocycles. The van der Waals surface area contributed by atoms with Crippen molar-refractivity contribution in [1.29, 1.82) is 0 Å². The second kappa shape index (κ2) is 8.34. The summed E-state index contributed by atoms with van der Waals surface area (Å²) in [6.45, 7) is 4.54. The Hall–Kier alpha value is -3.47. The number of halogens is 1. The number of anilines is 1. The van der Waals surface area contributed by atoms with Crippen molar-refractivity contribution in [1.82, 2.24) is 4.90 Å². The Balaban J connectivity index is 1.64. The van der Waals surface area contributed by atoms with Crippen LogP contribution in [0.5, 0.6) is 0 Å². The Kier molecular flexibility index (Phi) is 5.59. The molecule has 3 aromatic rings. The van der Waals surface area contributed by atoms with Crippen LogP contribution in [0.3, 0.4) is 0 Å². The van der Waals surface area contributed by atoms with Gasteiger partial charge in [-0.1, -0.05) is 60.2 Å². The summed E-state index contributed by atoms with van der Waals surface area (Å²) < 4.78 is 14.0. The van der Waals surface area contributed by atoms with Gasteiger partial charge >= 0.3 is 0 Å². The number of carbonyl (C=O) groups excluding carboxylic acids is 2. The molecule has 0 aliphatic carbocycles. The van der Waals surface area contributed by atoms with Crippen LogP contribution in [0, 0.1) is 25.6 Å². The minimum atomic E-state index is -0.895. The van der Waals surface area contributed by atoms with Crippen LogP contribution in [-0.4, -0.2) is 30.3 Å². The first-order valence-electron chi connectivity index (χ1n) is 10.3. The Morgan fingerprint density at radius 1 is 1.03 bits per heavy atom. The fourth-order valence-corrected chi connectivity index (χ4v) is 4.32. The highest BCUT2D eigenvalue weighted by atomic mass is 19.1. The minimum Gasteiger partial charge on any atom is -0.344 e. The van der Waals surface area contributed by atoms with E-state index < -0.39 is 17.6 Å². The molecule has 1 fully saturated rings. The molecule has 0 aromatic heterocycles. The molecule has 0 radical (unpaired) electrons. The van der Waals surface area contributed by atoms with Gasteiger partial charge in [-0.25, -0.2) is 4.39 Å². The van der Waals surface area contributed by atoms with Gasteiger partial charge in [-0.2, -0.15) is 0 Å². The van der Waals surface area contributed by atoms with E-state index >= 15 is 0 Å². The van der Waals surface area contributed by atoms with Gasteiger partial charge in [-0.15, -0.1) is 0 Å². The molecule has 4 nitrogen and oxygen atoms in total. The zero-order valence-electron chi connectivity index (χ0n) is 17.9. The molecule has 1 aliphatic rings. The summed E-state index contributed by atoms with van der Waals surface area (Å²) in [4.78, 5) is 27.3. The number of likely N-dealkylation sites (N-methyl/N-ethyl adjacent to an activating group) is 1. The third kappa shape index (κ3) is 4.08. The highest BCUT2D eigenvalue weighted by Gasteiger charge is 2.44. The Morgan fingerprint density at radius 3 is 2.52 bits per heavy atom. The maximum Gasteiger partial charge on any atom is 0.237 e. The largest absolute Gasteiger partial charge is 0.344 e. The monoisotopic (exact) mass is 416 g/mol. The van der Waals surface area contributed by atoms with E-state index in [9.17, 15) is 14.0 Å². The molecule has 2 amide bonds. The number of carbonyl (C=O) groups is 2. The van der Waals surface area contributed by atoms with Crippen molar-refractivity contribution in [3.8, 4) is 11.1 Å². The van der Waals surface area contributed by atoms with Crippen molar-refractivity contribution >= 4 is 17.5 Å². The van der Waals surface area contributed by atoms with Crippen molar-refractivity contribution in [3.05, 3.63) is 89.2 Å². The van der Waals surface area contributed by atoms with Gasteiger partial charge < -0.3 is 10.2 Å². The number of hydrogen-bond acceptors (Lipinski definition) is 2. The number of likely N-dealkylation sites (tertiary alicyclic amines) is 1. The van der Waals surface area contributed by atoms with Crippen molar-refractivity contribution in [2.24, 2.45) is 5.92 Å². The number of aryl methyl sites for hydroxylation is 2. The van der Waals surface area contributed by atoms with Gasteiger partial charge in [-0.05, 0) is 48.2 Å². The average molecular weight is 416 g/mol. The van der Waals surface area contributed by atoms with Crippen LogP contribution in [-0.2, 0) is 9.59 Å². The fraction of sp³-hybridized carbons (Fsp3) is 0.231. The molecule has 2 atom stereocenters. The zero-order chi connectivity index (χ0) is 22.1. The summed E-state index contributed by atoms with van der Waals surface area (Å²) in [5.74, 6) is -2.45. The molecule has 1 N–H and O–H groups in total. The van der Waals surface area contributed by atoms with Gasteiger partial charge in [0.1, 0.15) is 11.7 Å². The van der Waals surface area contributed by atoms with Gasteiger partial charge in [0.25, 0.3) is 0 Å². The summed E-state index contributed by atoms with van der Waals surface area (Å²) in [6, 6.07) is 20.4. The standard InChI is InChI=1S/C26H25FN2O2/c1-16-7-6-8-18(13-16)20-12-11-19(14-17(20)2)21-15-29(3)26(31)24(21)25(30)28-23-10-5-4-9-22(23)27/h4-14,21,24H,15H2,1-3H3,(H,28,30). The molecule has 1 saturated heterocycles. The van der Waals surface area contributed by atoms with Gasteiger partial charge in [0, 0.05) is 19.5 Å². The van der Waals surface area contributed by atoms with E-state index in [4.69, 9.17) is 0 Å². The minimum absolute atomic E-state index is 0.0829. The molecule has 0 bridgehead atoms. The number of benzene rings is 3. The average Bonchev–Trinajstić information content (AvgIpc) is 3.04. The summed E-state index contributed by atoms with van der Waals surface area (Å²) in [6.07, 6.45) is 0. The maximum atomic E-state index is 14.0. The predicted molar refractivity (Wildman–Crippen MR) is 120 cm³/mol. The van der Waals surface area contributed by atoms with E-state index in [-0.39, 0.29) is 17.5 Å². The number of para-hydroxylation sites is 1. The van der Waals surface area contributed by atoms with Crippen molar-refractivity contribution in [2.45, 2.75) is 19.8 Å². The van der Waals surface area contributed by atoms with Crippen molar-refractivity contribution in [2.75, 3.05) is 18.9 Å². The molecule has 5 heteroatoms. The molecule has 1 aliphatic heterocycles. The normalized spacial score (nSPS) is 18.3. The van der Waals surface area contributed by atoms with Crippen LogP contribution in [0.15, 0.2) is 66.7 Å². The van der Waals surface area contributed by atoms with E-state index in [0.29, 0.717) is 6.54 Å². The third-order valence-electron chi connectivity index (χ3n) is 5.94. The molecule has 4 rings (SSSR count). The van der Waals surface area contributed by atoms with Crippen LogP contribution in [0.25, 0.3) is 11.1 Å². The fourth-order valence-electron chi connectivity index (χ4n) is 4.32. The van der Waals surface area contributed by atoms with Crippen LogP contribution in [0.4, 0.5) is 10.1 Å². The number of nitrogens with one attached hydrogen (secondary N) is 1. The molecule has 3 aromatic carbocycles. The van der Waals surface area contributed by atoms with Gasteiger partial charge in [0.15, 0.2) is 0 Å². The summed E-state index contributed by atoms with van der Waals surface area (Å²) >= 11 is 0. The zero-order valence-corrected chi connectivity index (χ0v) is 17.9. The Morgan fingerprint density at radius 2 is 1.81 bits per heavy atom. The quantitative estimate of drug-likeness (QED) is 0.614. The highest BCUT2D eigenvalue weighted by Crippen LogP contribution is 2.36. The van der Waals surface area contributed by atoms with Crippen LogP contribution >= 0.6 is 0 Å². The van der Waals surface area contributed by atoms with E-state index in [2.05, 4.69) is 36.5 Å². The first-order valence-corrected chi connectivity index (χ1v) is 10.3. The lowest BCUT2D eigenvalue weighted by Crippen LogP contribution is -2.33. The molecule has 2 unspecified atom stereocenters. The predicted octanol–water partition coefficient (Wildman–Crippen LogP) is 4.92. The Labute approximate surface area is 181 Å². The second-order valence-electron chi connectivity index (χ2n) is 8.22. The van der Waals surface area contributed by atoms with E-state index in [0.717, 1.165) is 22.3 Å². The smallest absolute Gasteiger partial charge is 0.237 e. The van der Waals surface area contributed by atoms with Gasteiger partial charge in [-0.3, -0.25) is 9.59 Å². The van der Waals surface area contributed by atoms with E-state index in [1.54, 1.807) is 24.1 Å². The molecule has 0 saturated carbocycles. The van der Waals surface area contributed by atoms with Crippen LogP contribution in [0.2, 0.25) is 0 Å². The molecule has 158 valence electrons. The first kappa shape index (κ1) is 20.8. The lowest BCUT2D eigenvalue weighted by molar-refractivity contribution is -0.135. The highest BCUT2D eigenvalue weighted by molar-refractivity contribution is 6.08. The molecular formula is C26H25FN2O2. The van der Waals surface area contributed by atoms with Crippen LogP contribution < -0.4 is 5.32 Å². The van der Waals surface area contributed by atoms with Crippen molar-refractivity contribution in [3.63, 3.8) is 0 Å². The van der Waals surface area contributed by atoms with E-state index in [1.165, 1.54) is 17.7 Å². The number of amides is 2. The SMILES string of the molecule is Cc1cccc(-c2ccc(C3CN(C)C(=O)C3C(=O)Nc3ccccc3F)cc2C)c1.